The Morgan fingerprint density at radius 3 is 2.96 bits per heavy atom. The van der Waals surface area contributed by atoms with Crippen molar-refractivity contribution >= 4 is 34.0 Å². The molecule has 1 aromatic carbocycles. The topological polar surface area (TPSA) is 76.7 Å². The van der Waals surface area contributed by atoms with Crippen LogP contribution in [-0.4, -0.2) is 26.7 Å². The van der Waals surface area contributed by atoms with Crippen LogP contribution in [-0.2, 0) is 25.8 Å². The molecule has 0 bridgehead atoms. The molecule has 0 saturated carbocycles. The Kier molecular flexibility index (Phi) is 5.39. The van der Waals surface area contributed by atoms with E-state index >= 15 is 0 Å². The van der Waals surface area contributed by atoms with Crippen molar-refractivity contribution in [3.8, 4) is 11.4 Å². The average Bonchev–Trinajstić information content (AvgIpc) is 3.32. The largest absolute Gasteiger partial charge is 0.339 e. The van der Waals surface area contributed by atoms with Crippen LogP contribution in [0.2, 0.25) is 0 Å². The molecule has 0 aliphatic carbocycles. The van der Waals surface area contributed by atoms with Crippen LogP contribution in [0, 0.1) is 6.92 Å². The van der Waals surface area contributed by atoms with E-state index in [0.717, 1.165) is 47.7 Å². The molecule has 4 aromatic rings. The van der Waals surface area contributed by atoms with Crippen LogP contribution < -0.4 is 5.32 Å². The molecule has 5 rings (SSSR count). The fraction of sp³-hybridized carbons (Fsp3) is 0.300. The Morgan fingerprint density at radius 1 is 1.18 bits per heavy atom. The number of pyridine rings is 1. The van der Waals surface area contributed by atoms with Crippen LogP contribution in [0.25, 0.3) is 21.6 Å². The van der Waals surface area contributed by atoms with Gasteiger partial charge in [-0.3, -0.25) is 4.98 Å². The number of fused-ring (bicyclic) bond motifs is 2. The third kappa shape index (κ3) is 3.53. The highest BCUT2D eigenvalue weighted by Crippen LogP contribution is 2.29. The maximum absolute atomic E-state index is 5.53. The summed E-state index contributed by atoms with van der Waals surface area (Å²) in [5, 5.41) is 8.72. The van der Waals surface area contributed by atoms with E-state index in [1.807, 2.05) is 31.3 Å². The quantitative estimate of drug-likeness (QED) is 0.546. The first-order valence-corrected chi connectivity index (χ1v) is 9.95. The van der Waals surface area contributed by atoms with E-state index in [1.165, 1.54) is 15.8 Å². The number of halogens is 1. The van der Waals surface area contributed by atoms with E-state index in [9.17, 15) is 0 Å². The van der Waals surface area contributed by atoms with E-state index in [4.69, 9.17) is 4.52 Å². The van der Waals surface area contributed by atoms with E-state index in [2.05, 4.69) is 31.5 Å². The van der Waals surface area contributed by atoms with Crippen LogP contribution >= 0.6 is 23.7 Å². The number of thiazole rings is 1. The first-order valence-electron chi connectivity index (χ1n) is 9.13. The summed E-state index contributed by atoms with van der Waals surface area (Å²) >= 11 is 1.72. The summed E-state index contributed by atoms with van der Waals surface area (Å²) in [7, 11) is 0. The standard InChI is InChI=1S/C20H19N5OS.ClH/c1-12-19(14-8-9-21-10-13(14)11-22-12)20-24-17(26-25-20)6-7-18-23-15-4-2-3-5-16(15)27-18;/h2-5,11,21H,6-10H2,1H3;1H. The van der Waals surface area contributed by atoms with Crippen molar-refractivity contribution in [2.45, 2.75) is 32.7 Å². The van der Waals surface area contributed by atoms with E-state index in [1.54, 1.807) is 11.3 Å². The zero-order valence-corrected chi connectivity index (χ0v) is 17.1. The lowest BCUT2D eigenvalue weighted by Gasteiger charge is -2.19. The number of hydrogen-bond donors (Lipinski definition) is 1. The van der Waals surface area contributed by atoms with Crippen LogP contribution in [0.3, 0.4) is 0 Å². The van der Waals surface area contributed by atoms with Crippen molar-refractivity contribution in [3.63, 3.8) is 0 Å². The van der Waals surface area contributed by atoms with Gasteiger partial charge in [-0.15, -0.1) is 23.7 Å². The monoisotopic (exact) mass is 413 g/mol. The van der Waals surface area contributed by atoms with Gasteiger partial charge in [-0.25, -0.2) is 4.98 Å². The summed E-state index contributed by atoms with van der Waals surface area (Å²) in [5.74, 6) is 1.30. The molecular formula is C20H20ClN5OS. The lowest BCUT2D eigenvalue weighted by atomic mass is 9.95. The summed E-state index contributed by atoms with van der Waals surface area (Å²) in [6, 6.07) is 8.21. The van der Waals surface area contributed by atoms with Gasteiger partial charge in [0.1, 0.15) is 0 Å². The minimum absolute atomic E-state index is 0. The van der Waals surface area contributed by atoms with Crippen molar-refractivity contribution in [1.29, 1.82) is 0 Å². The molecule has 4 heterocycles. The third-order valence-corrected chi connectivity index (χ3v) is 6.01. The van der Waals surface area contributed by atoms with Gasteiger partial charge in [0, 0.05) is 36.8 Å². The molecule has 1 N–H and O–H groups in total. The third-order valence-electron chi connectivity index (χ3n) is 4.92. The normalized spacial score (nSPS) is 13.3. The van der Waals surface area contributed by atoms with Crippen molar-refractivity contribution < 1.29 is 4.52 Å². The number of rotatable bonds is 4. The lowest BCUT2D eigenvalue weighted by Crippen LogP contribution is -2.24. The SMILES string of the molecule is Cc1ncc2c(c1-c1noc(CCc3nc4ccccc4s3)n1)CCNC2.Cl. The lowest BCUT2D eigenvalue weighted by molar-refractivity contribution is 0.378. The molecule has 0 unspecified atom stereocenters. The summed E-state index contributed by atoms with van der Waals surface area (Å²) < 4.78 is 6.75. The highest BCUT2D eigenvalue weighted by atomic mass is 35.5. The highest BCUT2D eigenvalue weighted by Gasteiger charge is 2.21. The average molecular weight is 414 g/mol. The molecule has 1 aliphatic heterocycles. The molecule has 0 amide bonds. The Morgan fingerprint density at radius 2 is 2.07 bits per heavy atom. The summed E-state index contributed by atoms with van der Waals surface area (Å²) in [6.45, 7) is 3.82. The van der Waals surface area contributed by atoms with Gasteiger partial charge in [0.2, 0.25) is 11.7 Å². The molecular weight excluding hydrogens is 394 g/mol. The fourth-order valence-electron chi connectivity index (χ4n) is 3.57. The fourth-order valence-corrected chi connectivity index (χ4v) is 4.53. The Labute approximate surface area is 172 Å². The second-order valence-corrected chi connectivity index (χ2v) is 7.85. The first-order chi connectivity index (χ1) is 13.3. The highest BCUT2D eigenvalue weighted by molar-refractivity contribution is 7.18. The second-order valence-electron chi connectivity index (χ2n) is 6.74. The van der Waals surface area contributed by atoms with Crippen LogP contribution in [0.4, 0.5) is 0 Å². The van der Waals surface area contributed by atoms with Gasteiger partial charge < -0.3 is 9.84 Å². The minimum Gasteiger partial charge on any atom is -0.339 e. The summed E-state index contributed by atoms with van der Waals surface area (Å²) in [5.41, 5.74) is 5.55. The van der Waals surface area contributed by atoms with Crippen molar-refractivity contribution in [3.05, 3.63) is 58.2 Å². The second kappa shape index (κ2) is 7.95. The van der Waals surface area contributed by atoms with E-state index < -0.39 is 0 Å². The van der Waals surface area contributed by atoms with Gasteiger partial charge in [0.05, 0.1) is 15.2 Å². The molecule has 28 heavy (non-hydrogen) atoms. The Bertz CT molecular complexity index is 1090. The summed E-state index contributed by atoms with van der Waals surface area (Å²) in [6.07, 6.45) is 4.41. The zero-order chi connectivity index (χ0) is 18.2. The molecule has 8 heteroatoms. The van der Waals surface area contributed by atoms with Crippen molar-refractivity contribution in [2.24, 2.45) is 0 Å². The number of aryl methyl sites for hydroxylation is 3. The van der Waals surface area contributed by atoms with Crippen LogP contribution in [0.5, 0.6) is 0 Å². The number of para-hydroxylation sites is 1. The minimum atomic E-state index is 0. The molecule has 0 fully saturated rings. The maximum Gasteiger partial charge on any atom is 0.227 e. The van der Waals surface area contributed by atoms with Crippen molar-refractivity contribution in [1.82, 2.24) is 25.4 Å². The van der Waals surface area contributed by atoms with Gasteiger partial charge >= 0.3 is 0 Å². The van der Waals surface area contributed by atoms with Gasteiger partial charge in [-0.05, 0) is 43.1 Å². The molecule has 0 atom stereocenters. The smallest absolute Gasteiger partial charge is 0.227 e. The van der Waals surface area contributed by atoms with Gasteiger partial charge in [-0.1, -0.05) is 17.3 Å². The van der Waals surface area contributed by atoms with Gasteiger partial charge in [-0.2, -0.15) is 4.98 Å². The molecule has 0 spiro atoms. The predicted molar refractivity (Wildman–Crippen MR) is 112 cm³/mol. The first kappa shape index (κ1) is 19.0. The number of aromatic nitrogens is 4. The molecule has 1 aliphatic rings. The summed E-state index contributed by atoms with van der Waals surface area (Å²) in [4.78, 5) is 13.9. The molecule has 144 valence electrons. The predicted octanol–water partition coefficient (Wildman–Crippen LogP) is 3.90. The van der Waals surface area contributed by atoms with E-state index in [-0.39, 0.29) is 12.4 Å². The van der Waals surface area contributed by atoms with Gasteiger partial charge in [0.15, 0.2) is 0 Å². The molecule has 0 radical (unpaired) electrons. The zero-order valence-electron chi connectivity index (χ0n) is 15.4. The number of hydrogen-bond acceptors (Lipinski definition) is 7. The van der Waals surface area contributed by atoms with Crippen LogP contribution in [0.1, 0.15) is 27.7 Å². The van der Waals surface area contributed by atoms with E-state index in [0.29, 0.717) is 18.1 Å². The Balaban J connectivity index is 0.00000192. The van der Waals surface area contributed by atoms with Gasteiger partial charge in [0.25, 0.3) is 0 Å². The van der Waals surface area contributed by atoms with Crippen LogP contribution in [0.15, 0.2) is 35.0 Å². The number of nitrogens with zero attached hydrogens (tertiary/aromatic N) is 4. The van der Waals surface area contributed by atoms with Crippen molar-refractivity contribution in [2.75, 3.05) is 6.54 Å². The molecule has 3 aromatic heterocycles. The number of benzene rings is 1. The molecule has 6 nitrogen and oxygen atoms in total. The maximum atomic E-state index is 5.53. The number of nitrogens with one attached hydrogen (secondary N) is 1. The Hall–Kier alpha value is -2.35. The molecule has 0 saturated heterocycles.